The van der Waals surface area contributed by atoms with Gasteiger partial charge in [0.25, 0.3) is 0 Å². The first-order chi connectivity index (χ1) is 18.5. The van der Waals surface area contributed by atoms with E-state index in [0.717, 1.165) is 22.4 Å². The molecule has 10 nitrogen and oxygen atoms in total. The van der Waals surface area contributed by atoms with Crippen molar-refractivity contribution in [3.8, 4) is 18.1 Å². The largest absolute Gasteiger partial charge is 0.497 e. The molecule has 0 bridgehead atoms. The highest BCUT2D eigenvalue weighted by molar-refractivity contribution is 7.99. The summed E-state index contributed by atoms with van der Waals surface area (Å²) in [6.07, 6.45) is 6.62. The number of methoxy groups -OCH3 is 1. The molecule has 1 aromatic carbocycles. The zero-order valence-corrected chi connectivity index (χ0v) is 22.7. The summed E-state index contributed by atoms with van der Waals surface area (Å²) in [5.41, 5.74) is 2.59. The average molecular weight is 546 g/mol. The average Bonchev–Trinajstić information content (AvgIpc) is 2.93. The Kier molecular flexibility index (Phi) is 12.6. The van der Waals surface area contributed by atoms with Crippen molar-refractivity contribution in [2.45, 2.75) is 24.4 Å². The molecular formula is C27H35N3O7S. The fourth-order valence-corrected chi connectivity index (χ4v) is 4.81. The van der Waals surface area contributed by atoms with Crippen LogP contribution in [0.15, 0.2) is 34.2 Å². The van der Waals surface area contributed by atoms with Gasteiger partial charge in [0.05, 0.1) is 64.1 Å². The van der Waals surface area contributed by atoms with Crippen LogP contribution in [0.3, 0.4) is 0 Å². The van der Waals surface area contributed by atoms with E-state index in [9.17, 15) is 9.59 Å². The third-order valence-corrected chi connectivity index (χ3v) is 6.97. The molecule has 2 heterocycles. The fraction of sp³-hybridized carbons (Fsp3) is 0.519. The third kappa shape index (κ3) is 9.45. The molecule has 38 heavy (non-hydrogen) atoms. The molecule has 1 atom stereocenters. The van der Waals surface area contributed by atoms with Crippen molar-refractivity contribution in [1.82, 2.24) is 14.9 Å². The molecule has 0 radical (unpaired) electrons. The van der Waals surface area contributed by atoms with Gasteiger partial charge in [-0.2, -0.15) is 0 Å². The molecule has 1 N–H and O–H groups in total. The van der Waals surface area contributed by atoms with Gasteiger partial charge in [0.15, 0.2) is 0 Å². The smallest absolute Gasteiger partial charge is 0.345 e. The molecule has 2 aromatic rings. The van der Waals surface area contributed by atoms with Crippen molar-refractivity contribution >= 4 is 17.7 Å². The summed E-state index contributed by atoms with van der Waals surface area (Å²) >= 11 is 1.31. The van der Waals surface area contributed by atoms with Crippen LogP contribution in [0, 0.1) is 19.3 Å². The number of nitrogens with one attached hydrogen (secondary N) is 1. The second-order valence-corrected chi connectivity index (χ2v) is 9.57. The Morgan fingerprint density at radius 2 is 1.87 bits per heavy atom. The maximum absolute atomic E-state index is 13.1. The Morgan fingerprint density at radius 1 is 1.16 bits per heavy atom. The molecule has 11 heteroatoms. The Balaban J connectivity index is 1.47. The molecule has 0 unspecified atom stereocenters. The van der Waals surface area contributed by atoms with E-state index in [2.05, 4.69) is 15.9 Å². The van der Waals surface area contributed by atoms with E-state index >= 15 is 0 Å². The first-order valence-electron chi connectivity index (χ1n) is 12.4. The van der Waals surface area contributed by atoms with E-state index in [1.165, 1.54) is 18.0 Å². The van der Waals surface area contributed by atoms with Gasteiger partial charge in [-0.1, -0.05) is 23.7 Å². The minimum atomic E-state index is -0.425. The second-order valence-electron chi connectivity index (χ2n) is 8.58. The molecule has 1 aromatic heterocycles. The van der Waals surface area contributed by atoms with E-state index in [4.69, 9.17) is 30.1 Å². The quantitative estimate of drug-likeness (QED) is 0.147. The Labute approximate surface area is 227 Å². The van der Waals surface area contributed by atoms with Crippen molar-refractivity contribution in [2.24, 2.45) is 0 Å². The van der Waals surface area contributed by atoms with E-state index in [0.29, 0.717) is 64.4 Å². The van der Waals surface area contributed by atoms with E-state index in [1.54, 1.807) is 7.11 Å². The lowest BCUT2D eigenvalue weighted by molar-refractivity contribution is -0.129. The van der Waals surface area contributed by atoms with Crippen LogP contribution in [0.25, 0.3) is 0 Å². The molecule has 0 spiro atoms. The van der Waals surface area contributed by atoms with Gasteiger partial charge < -0.3 is 33.6 Å². The molecule has 1 amide bonds. The van der Waals surface area contributed by atoms with Crippen LogP contribution >= 0.6 is 11.8 Å². The predicted octanol–water partition coefficient (Wildman–Crippen LogP) is 2.00. The highest BCUT2D eigenvalue weighted by Gasteiger charge is 2.29. The molecule has 206 valence electrons. The van der Waals surface area contributed by atoms with Gasteiger partial charge in [-0.25, -0.2) is 9.78 Å². The number of terminal acetylenes is 1. The van der Waals surface area contributed by atoms with Gasteiger partial charge >= 0.3 is 5.69 Å². The standard InChI is InChI=1S/C27H35N3O7S/c1-4-7-34-8-9-35-10-11-36-12-13-37-18-22-17-30(16-21-5-6-23(33-3)14-24(21)22)25(31)19-38-26-20(2)15-28-27(32)29-26/h1,5-6,14-15,22H,7-13,16-19H2,2-3H3,(H,28,29,32)/t22-/m1/s1. The number of carbonyl (C=O) groups excluding carboxylic acids is 1. The first-order valence-corrected chi connectivity index (χ1v) is 13.4. The van der Waals surface area contributed by atoms with Gasteiger partial charge in [-0.05, 0) is 35.7 Å². The number of fused-ring (bicyclic) bond motifs is 1. The van der Waals surface area contributed by atoms with Crippen LogP contribution < -0.4 is 10.4 Å². The zero-order chi connectivity index (χ0) is 27.2. The molecule has 1 aliphatic heterocycles. The van der Waals surface area contributed by atoms with Crippen LogP contribution in [0.5, 0.6) is 5.75 Å². The maximum Gasteiger partial charge on any atom is 0.345 e. The molecule has 0 saturated carbocycles. The minimum absolute atomic E-state index is 0.00314. The number of aryl methyl sites for hydroxylation is 1. The highest BCUT2D eigenvalue weighted by atomic mass is 32.2. The molecule has 1 aliphatic rings. The zero-order valence-electron chi connectivity index (χ0n) is 21.9. The van der Waals surface area contributed by atoms with Crippen molar-refractivity contribution in [2.75, 3.05) is 72.3 Å². The lowest BCUT2D eigenvalue weighted by Crippen LogP contribution is -2.40. The van der Waals surface area contributed by atoms with Crippen molar-refractivity contribution < 1.29 is 28.5 Å². The monoisotopic (exact) mass is 545 g/mol. The lowest BCUT2D eigenvalue weighted by atomic mass is 9.90. The summed E-state index contributed by atoms with van der Waals surface area (Å²) in [7, 11) is 1.64. The van der Waals surface area contributed by atoms with Gasteiger partial charge in [0, 0.05) is 25.2 Å². The van der Waals surface area contributed by atoms with Crippen LogP contribution in [-0.4, -0.2) is 93.0 Å². The molecular weight excluding hydrogens is 510 g/mol. The number of benzene rings is 1. The van der Waals surface area contributed by atoms with Crippen LogP contribution in [0.2, 0.25) is 0 Å². The number of carbonyl (C=O) groups is 1. The van der Waals surface area contributed by atoms with Crippen LogP contribution in [-0.2, 0) is 30.3 Å². The first kappa shape index (κ1) is 29.7. The van der Waals surface area contributed by atoms with Crippen LogP contribution in [0.4, 0.5) is 0 Å². The topological polar surface area (TPSA) is 112 Å². The molecule has 0 saturated heterocycles. The number of nitrogens with zero attached hydrogens (tertiary/aromatic N) is 2. The Hall–Kier alpha value is -2.88. The van der Waals surface area contributed by atoms with Crippen LogP contribution in [0.1, 0.15) is 22.6 Å². The highest BCUT2D eigenvalue weighted by Crippen LogP contribution is 2.32. The fourth-order valence-electron chi connectivity index (χ4n) is 3.92. The molecule has 3 rings (SSSR count). The number of hydrogen-bond donors (Lipinski definition) is 1. The number of amides is 1. The van der Waals surface area contributed by atoms with Crippen molar-refractivity contribution in [1.29, 1.82) is 0 Å². The SMILES string of the molecule is C#CCOCCOCCOCCOC[C@H]1CN(C(=O)CSc2[nH]c(=O)ncc2C)Cc2ccc(OC)cc21. The van der Waals surface area contributed by atoms with Crippen molar-refractivity contribution in [3.05, 3.63) is 51.6 Å². The maximum atomic E-state index is 13.1. The number of aromatic nitrogens is 2. The van der Waals surface area contributed by atoms with E-state index in [1.807, 2.05) is 30.0 Å². The van der Waals surface area contributed by atoms with Gasteiger partial charge in [0.2, 0.25) is 5.91 Å². The predicted molar refractivity (Wildman–Crippen MR) is 144 cm³/mol. The summed E-state index contributed by atoms with van der Waals surface area (Å²) in [6.45, 7) is 6.36. The molecule has 0 fully saturated rings. The van der Waals surface area contributed by atoms with Gasteiger partial charge in [-0.15, -0.1) is 6.42 Å². The Bertz CT molecular complexity index is 1130. The second kappa shape index (κ2) is 16.2. The van der Waals surface area contributed by atoms with E-state index < -0.39 is 5.69 Å². The van der Waals surface area contributed by atoms with E-state index in [-0.39, 0.29) is 24.2 Å². The summed E-state index contributed by atoms with van der Waals surface area (Å²) in [5, 5.41) is 0.656. The Morgan fingerprint density at radius 3 is 2.58 bits per heavy atom. The number of ether oxygens (including phenoxy) is 5. The van der Waals surface area contributed by atoms with Gasteiger partial charge in [-0.3, -0.25) is 4.79 Å². The normalized spacial score (nSPS) is 14.7. The van der Waals surface area contributed by atoms with Gasteiger partial charge in [0.1, 0.15) is 12.4 Å². The third-order valence-electron chi connectivity index (χ3n) is 5.86. The summed E-state index contributed by atoms with van der Waals surface area (Å²) in [5.74, 6) is 3.38. The lowest BCUT2D eigenvalue weighted by Gasteiger charge is -2.35. The number of thioether (sulfide) groups is 1. The number of rotatable bonds is 16. The summed E-state index contributed by atoms with van der Waals surface area (Å²) < 4.78 is 27.5. The molecule has 0 aliphatic carbocycles. The summed E-state index contributed by atoms with van der Waals surface area (Å²) in [4.78, 5) is 32.9. The number of H-pyrrole nitrogens is 1. The summed E-state index contributed by atoms with van der Waals surface area (Å²) in [6, 6.07) is 5.92. The van der Waals surface area contributed by atoms with Crippen molar-refractivity contribution in [3.63, 3.8) is 0 Å². The number of aromatic amines is 1. The minimum Gasteiger partial charge on any atom is -0.497 e. The number of hydrogen-bond acceptors (Lipinski definition) is 9.